The molecule has 0 aliphatic carbocycles. The summed E-state index contributed by atoms with van der Waals surface area (Å²) in [5.74, 6) is -0.231. The molecule has 0 saturated heterocycles. The van der Waals surface area contributed by atoms with Crippen LogP contribution in [0.15, 0.2) is 53.5 Å². The Balaban J connectivity index is 2.49. The van der Waals surface area contributed by atoms with E-state index in [-0.39, 0.29) is 17.0 Å². The first-order chi connectivity index (χ1) is 9.99. The van der Waals surface area contributed by atoms with Crippen LogP contribution in [0.25, 0.3) is 5.69 Å². The van der Waals surface area contributed by atoms with E-state index in [4.69, 9.17) is 0 Å². The molecule has 5 heteroatoms. The van der Waals surface area contributed by atoms with Crippen molar-refractivity contribution in [3.63, 3.8) is 0 Å². The first kappa shape index (κ1) is 14.7. The number of ketones is 1. The lowest BCUT2D eigenvalue weighted by Gasteiger charge is -2.08. The number of aryl methyl sites for hydroxylation is 1. The van der Waals surface area contributed by atoms with Gasteiger partial charge in [0.05, 0.1) is 5.69 Å². The molecule has 1 heterocycles. The van der Waals surface area contributed by atoms with Gasteiger partial charge in [0.2, 0.25) is 5.78 Å². The Bertz CT molecular complexity index is 731. The standard InChI is InChI=1S/C16H17N3O2/c1-12-11-15(21)19(13-7-5-4-6-8-13)17-16(12)14(20)9-10-18(2)3/h4-11H,1-3H3/b10-9+. The number of para-hydroxylation sites is 1. The van der Waals surface area contributed by atoms with Crippen molar-refractivity contribution in [1.82, 2.24) is 14.7 Å². The monoisotopic (exact) mass is 283 g/mol. The summed E-state index contributed by atoms with van der Waals surface area (Å²) < 4.78 is 1.24. The summed E-state index contributed by atoms with van der Waals surface area (Å²) >= 11 is 0. The average molecular weight is 283 g/mol. The topological polar surface area (TPSA) is 55.2 Å². The summed E-state index contributed by atoms with van der Waals surface area (Å²) in [6, 6.07) is 10.5. The van der Waals surface area contributed by atoms with E-state index >= 15 is 0 Å². The molecule has 0 N–H and O–H groups in total. The van der Waals surface area contributed by atoms with Crippen molar-refractivity contribution < 1.29 is 4.79 Å². The van der Waals surface area contributed by atoms with Gasteiger partial charge in [-0.3, -0.25) is 9.59 Å². The molecule has 0 atom stereocenters. The van der Waals surface area contributed by atoms with E-state index in [1.54, 1.807) is 30.2 Å². The first-order valence-electron chi connectivity index (χ1n) is 6.54. The first-order valence-corrected chi connectivity index (χ1v) is 6.54. The Hall–Kier alpha value is -2.69. The quantitative estimate of drug-likeness (QED) is 0.634. The van der Waals surface area contributed by atoms with Gasteiger partial charge < -0.3 is 4.90 Å². The molecule has 0 radical (unpaired) electrons. The maximum atomic E-state index is 12.2. The molecule has 0 saturated carbocycles. The van der Waals surface area contributed by atoms with Gasteiger partial charge in [0, 0.05) is 32.4 Å². The third kappa shape index (κ3) is 3.45. The maximum absolute atomic E-state index is 12.2. The Labute approximate surface area is 123 Å². The summed E-state index contributed by atoms with van der Waals surface area (Å²) in [4.78, 5) is 26.0. The van der Waals surface area contributed by atoms with Gasteiger partial charge in [-0.1, -0.05) is 18.2 Å². The zero-order valence-electron chi connectivity index (χ0n) is 12.3. The molecule has 5 nitrogen and oxygen atoms in total. The number of rotatable bonds is 4. The lowest BCUT2D eigenvalue weighted by molar-refractivity contribution is 0.103. The van der Waals surface area contributed by atoms with E-state index in [1.807, 2.05) is 32.3 Å². The number of benzene rings is 1. The lowest BCUT2D eigenvalue weighted by Crippen LogP contribution is -2.24. The van der Waals surface area contributed by atoms with Crippen LogP contribution in [0, 0.1) is 6.92 Å². The van der Waals surface area contributed by atoms with Gasteiger partial charge in [0.1, 0.15) is 5.69 Å². The highest BCUT2D eigenvalue weighted by Gasteiger charge is 2.12. The smallest absolute Gasteiger partial charge is 0.271 e. The number of nitrogens with zero attached hydrogens (tertiary/aromatic N) is 3. The molecule has 0 aliphatic heterocycles. The van der Waals surface area contributed by atoms with Gasteiger partial charge in [-0.05, 0) is 24.6 Å². The van der Waals surface area contributed by atoms with Gasteiger partial charge in [0.25, 0.3) is 5.56 Å². The highest BCUT2D eigenvalue weighted by atomic mass is 16.1. The minimum absolute atomic E-state index is 0.231. The van der Waals surface area contributed by atoms with Crippen LogP contribution in [0.1, 0.15) is 16.1 Å². The minimum Gasteiger partial charge on any atom is -0.383 e. The molecule has 0 aliphatic rings. The molecule has 1 aromatic heterocycles. The number of hydrogen-bond donors (Lipinski definition) is 0. The number of allylic oxidation sites excluding steroid dienone is 1. The van der Waals surface area contributed by atoms with Gasteiger partial charge in [-0.25, -0.2) is 0 Å². The van der Waals surface area contributed by atoms with Crippen LogP contribution >= 0.6 is 0 Å². The molecular formula is C16H17N3O2. The summed E-state index contributed by atoms with van der Waals surface area (Å²) in [6.07, 6.45) is 3.09. The van der Waals surface area contributed by atoms with Crippen LogP contribution < -0.4 is 5.56 Å². The van der Waals surface area contributed by atoms with Crippen LogP contribution in [-0.2, 0) is 0 Å². The highest BCUT2D eigenvalue weighted by molar-refractivity contribution is 6.03. The van der Waals surface area contributed by atoms with Gasteiger partial charge in [-0.2, -0.15) is 9.78 Å². The molecule has 0 unspecified atom stereocenters. The molecular weight excluding hydrogens is 266 g/mol. The Morgan fingerprint density at radius 3 is 2.52 bits per heavy atom. The third-order valence-corrected chi connectivity index (χ3v) is 2.88. The van der Waals surface area contributed by atoms with Crippen molar-refractivity contribution in [2.75, 3.05) is 14.1 Å². The fourth-order valence-electron chi connectivity index (χ4n) is 1.84. The van der Waals surface area contributed by atoms with E-state index in [2.05, 4.69) is 5.10 Å². The predicted molar refractivity (Wildman–Crippen MR) is 81.7 cm³/mol. The van der Waals surface area contributed by atoms with Gasteiger partial charge in [-0.15, -0.1) is 0 Å². The largest absolute Gasteiger partial charge is 0.383 e. The molecule has 0 amide bonds. The van der Waals surface area contributed by atoms with Gasteiger partial charge >= 0.3 is 0 Å². The van der Waals surface area contributed by atoms with E-state index in [9.17, 15) is 9.59 Å². The normalized spacial score (nSPS) is 10.8. The van der Waals surface area contributed by atoms with E-state index < -0.39 is 0 Å². The lowest BCUT2D eigenvalue weighted by atomic mass is 10.1. The molecule has 1 aromatic carbocycles. The minimum atomic E-state index is -0.258. The summed E-state index contributed by atoms with van der Waals surface area (Å²) in [5, 5.41) is 4.20. The molecule has 108 valence electrons. The van der Waals surface area contributed by atoms with Crippen LogP contribution in [-0.4, -0.2) is 34.6 Å². The fourth-order valence-corrected chi connectivity index (χ4v) is 1.84. The van der Waals surface area contributed by atoms with E-state index in [0.717, 1.165) is 0 Å². The summed E-state index contributed by atoms with van der Waals surface area (Å²) in [7, 11) is 3.66. The molecule has 0 spiro atoms. The Morgan fingerprint density at radius 1 is 1.24 bits per heavy atom. The van der Waals surface area contributed by atoms with Crippen molar-refractivity contribution in [3.05, 3.63) is 70.3 Å². The van der Waals surface area contributed by atoms with Crippen LogP contribution in [0.4, 0.5) is 0 Å². The van der Waals surface area contributed by atoms with Crippen molar-refractivity contribution in [2.24, 2.45) is 0 Å². The van der Waals surface area contributed by atoms with E-state index in [1.165, 1.54) is 16.8 Å². The zero-order chi connectivity index (χ0) is 15.4. The van der Waals surface area contributed by atoms with Crippen molar-refractivity contribution in [1.29, 1.82) is 0 Å². The Kier molecular flexibility index (Phi) is 4.33. The molecule has 0 bridgehead atoms. The second kappa shape index (κ2) is 6.17. The number of carbonyl (C=O) groups is 1. The third-order valence-electron chi connectivity index (χ3n) is 2.88. The molecule has 2 aromatic rings. The van der Waals surface area contributed by atoms with Crippen molar-refractivity contribution in [2.45, 2.75) is 6.92 Å². The zero-order valence-corrected chi connectivity index (χ0v) is 12.3. The van der Waals surface area contributed by atoms with Crippen LogP contribution in [0.5, 0.6) is 0 Å². The maximum Gasteiger partial charge on any atom is 0.271 e. The number of hydrogen-bond acceptors (Lipinski definition) is 4. The average Bonchev–Trinajstić information content (AvgIpc) is 2.46. The molecule has 0 fully saturated rings. The number of carbonyl (C=O) groups excluding carboxylic acids is 1. The summed E-state index contributed by atoms with van der Waals surface area (Å²) in [5.41, 5.74) is 1.22. The van der Waals surface area contributed by atoms with Crippen LogP contribution in [0.3, 0.4) is 0 Å². The molecule has 2 rings (SSSR count). The predicted octanol–water partition coefficient (Wildman–Crippen LogP) is 1.80. The summed E-state index contributed by atoms with van der Waals surface area (Å²) in [6.45, 7) is 1.71. The van der Waals surface area contributed by atoms with Crippen molar-refractivity contribution in [3.8, 4) is 5.69 Å². The number of aromatic nitrogens is 2. The second-order valence-corrected chi connectivity index (χ2v) is 4.91. The highest BCUT2D eigenvalue weighted by Crippen LogP contribution is 2.07. The van der Waals surface area contributed by atoms with E-state index in [0.29, 0.717) is 11.3 Å². The van der Waals surface area contributed by atoms with Crippen LogP contribution in [0.2, 0.25) is 0 Å². The fraction of sp³-hybridized carbons (Fsp3) is 0.188. The van der Waals surface area contributed by atoms with Crippen molar-refractivity contribution >= 4 is 5.78 Å². The Morgan fingerprint density at radius 2 is 1.90 bits per heavy atom. The van der Waals surface area contributed by atoms with Gasteiger partial charge in [0.15, 0.2) is 0 Å². The SMILES string of the molecule is Cc1cc(=O)n(-c2ccccc2)nc1C(=O)/C=C/N(C)C. The second-order valence-electron chi connectivity index (χ2n) is 4.91. The molecule has 21 heavy (non-hydrogen) atoms.